The first-order valence-electron chi connectivity index (χ1n) is 6.42. The quantitative estimate of drug-likeness (QED) is 0.878. The van der Waals surface area contributed by atoms with Crippen LogP contribution in [0.3, 0.4) is 0 Å². The highest BCUT2D eigenvalue weighted by Gasteiger charge is 2.29. The summed E-state index contributed by atoms with van der Waals surface area (Å²) in [6, 6.07) is 4.55. The second kappa shape index (κ2) is 5.67. The molecule has 1 heterocycles. The summed E-state index contributed by atoms with van der Waals surface area (Å²) < 4.78 is 19.3. The first-order valence-corrected chi connectivity index (χ1v) is 6.42. The summed E-state index contributed by atoms with van der Waals surface area (Å²) in [7, 11) is 0. The van der Waals surface area contributed by atoms with Crippen molar-refractivity contribution in [2.24, 2.45) is 5.73 Å². The number of nitrogens with two attached hydrogens (primary N) is 1. The van der Waals surface area contributed by atoms with Gasteiger partial charge in [0.2, 0.25) is 0 Å². The second-order valence-corrected chi connectivity index (χ2v) is 5.00. The zero-order chi connectivity index (χ0) is 14.0. The average molecular weight is 266 g/mol. The normalized spacial score (nSPS) is 23.5. The molecule has 1 fully saturated rings. The highest BCUT2D eigenvalue weighted by molar-refractivity contribution is 5.94. The molecule has 2 atom stereocenters. The van der Waals surface area contributed by atoms with Crippen LogP contribution in [0.2, 0.25) is 0 Å². The highest BCUT2D eigenvalue weighted by atomic mass is 19.1. The van der Waals surface area contributed by atoms with E-state index in [9.17, 15) is 9.18 Å². The molecule has 4 nitrogen and oxygen atoms in total. The Bertz CT molecular complexity index is 479. The molecule has 1 amide bonds. The number of morpholine rings is 1. The Hall–Kier alpha value is -1.46. The van der Waals surface area contributed by atoms with E-state index in [1.54, 1.807) is 17.0 Å². The zero-order valence-electron chi connectivity index (χ0n) is 11.2. The fourth-order valence-corrected chi connectivity index (χ4v) is 2.31. The van der Waals surface area contributed by atoms with Crippen molar-refractivity contribution in [1.29, 1.82) is 0 Å². The molecule has 0 aromatic heterocycles. The van der Waals surface area contributed by atoms with E-state index in [0.717, 1.165) is 5.56 Å². The van der Waals surface area contributed by atoms with Gasteiger partial charge in [-0.3, -0.25) is 4.79 Å². The van der Waals surface area contributed by atoms with Crippen LogP contribution in [0.1, 0.15) is 22.8 Å². The van der Waals surface area contributed by atoms with Gasteiger partial charge in [0.05, 0.1) is 17.8 Å². The lowest BCUT2D eigenvalue weighted by molar-refractivity contribution is -0.0626. The van der Waals surface area contributed by atoms with E-state index >= 15 is 0 Å². The Morgan fingerprint density at radius 2 is 2.26 bits per heavy atom. The summed E-state index contributed by atoms with van der Waals surface area (Å²) >= 11 is 0. The predicted molar refractivity (Wildman–Crippen MR) is 70.4 cm³/mol. The van der Waals surface area contributed by atoms with Crippen molar-refractivity contribution in [3.05, 3.63) is 35.1 Å². The van der Waals surface area contributed by atoms with Crippen LogP contribution < -0.4 is 5.73 Å². The van der Waals surface area contributed by atoms with Crippen molar-refractivity contribution < 1.29 is 13.9 Å². The van der Waals surface area contributed by atoms with Crippen LogP contribution in [0, 0.1) is 12.7 Å². The van der Waals surface area contributed by atoms with Crippen LogP contribution in [0.25, 0.3) is 0 Å². The lowest BCUT2D eigenvalue weighted by atomic mass is 10.1. The fourth-order valence-electron chi connectivity index (χ4n) is 2.31. The molecule has 0 bridgehead atoms. The fraction of sp³-hybridized carbons (Fsp3) is 0.500. The minimum atomic E-state index is -0.487. The van der Waals surface area contributed by atoms with Crippen LogP contribution in [-0.4, -0.2) is 42.6 Å². The van der Waals surface area contributed by atoms with Gasteiger partial charge in [-0.2, -0.15) is 0 Å². The van der Waals surface area contributed by atoms with Gasteiger partial charge in [-0.05, 0) is 26.0 Å². The van der Waals surface area contributed by atoms with Gasteiger partial charge in [0.15, 0.2) is 0 Å². The molecule has 0 aliphatic carbocycles. The molecule has 19 heavy (non-hydrogen) atoms. The van der Waals surface area contributed by atoms with Crippen molar-refractivity contribution in [1.82, 2.24) is 4.90 Å². The molecule has 0 saturated carbocycles. The van der Waals surface area contributed by atoms with Crippen molar-refractivity contribution in [3.63, 3.8) is 0 Å². The maximum absolute atomic E-state index is 13.7. The largest absolute Gasteiger partial charge is 0.370 e. The predicted octanol–water partition coefficient (Wildman–Crippen LogP) is 1.32. The topological polar surface area (TPSA) is 55.6 Å². The van der Waals surface area contributed by atoms with E-state index in [0.29, 0.717) is 19.6 Å². The Labute approximate surface area is 112 Å². The van der Waals surface area contributed by atoms with Gasteiger partial charge in [0.25, 0.3) is 5.91 Å². The minimum Gasteiger partial charge on any atom is -0.370 e. The first kappa shape index (κ1) is 14.0. The molecule has 5 heteroatoms. The molecule has 0 radical (unpaired) electrons. The van der Waals surface area contributed by atoms with E-state index in [2.05, 4.69) is 0 Å². The molecule has 1 aromatic carbocycles. The molecule has 1 saturated heterocycles. The molecule has 1 aromatic rings. The van der Waals surface area contributed by atoms with Gasteiger partial charge < -0.3 is 15.4 Å². The number of ether oxygens (including phenoxy) is 1. The summed E-state index contributed by atoms with van der Waals surface area (Å²) in [6.07, 6.45) is -0.264. The number of amides is 1. The Morgan fingerprint density at radius 1 is 1.53 bits per heavy atom. The number of aryl methyl sites for hydroxylation is 1. The lowest BCUT2D eigenvalue weighted by Crippen LogP contribution is -2.51. The lowest BCUT2D eigenvalue weighted by Gasteiger charge is -2.36. The maximum Gasteiger partial charge on any atom is 0.257 e. The molecule has 2 unspecified atom stereocenters. The van der Waals surface area contributed by atoms with Crippen LogP contribution in [-0.2, 0) is 4.74 Å². The number of hydrogen-bond acceptors (Lipinski definition) is 3. The number of halogens is 1. The smallest absolute Gasteiger partial charge is 0.257 e. The summed E-state index contributed by atoms with van der Waals surface area (Å²) in [6.45, 7) is 4.94. The van der Waals surface area contributed by atoms with Gasteiger partial charge in [-0.1, -0.05) is 11.6 Å². The van der Waals surface area contributed by atoms with Crippen LogP contribution in [0.15, 0.2) is 18.2 Å². The number of rotatable bonds is 2. The third-order valence-corrected chi connectivity index (χ3v) is 3.23. The van der Waals surface area contributed by atoms with E-state index < -0.39 is 5.82 Å². The van der Waals surface area contributed by atoms with E-state index in [1.807, 2.05) is 13.8 Å². The van der Waals surface area contributed by atoms with Gasteiger partial charge >= 0.3 is 0 Å². The number of nitrogens with zero attached hydrogens (tertiary/aromatic N) is 1. The van der Waals surface area contributed by atoms with Crippen LogP contribution in [0.5, 0.6) is 0 Å². The molecular weight excluding hydrogens is 247 g/mol. The molecule has 104 valence electrons. The Kier molecular flexibility index (Phi) is 4.17. The Morgan fingerprint density at radius 3 is 2.95 bits per heavy atom. The monoisotopic (exact) mass is 266 g/mol. The SMILES string of the molecule is Cc1ccc(F)c(C(=O)N2CC(C)OC(CN)C2)c1. The van der Waals surface area contributed by atoms with Gasteiger partial charge in [-0.25, -0.2) is 4.39 Å². The molecule has 2 rings (SSSR count). The molecule has 2 N–H and O–H groups in total. The van der Waals surface area contributed by atoms with E-state index in [4.69, 9.17) is 10.5 Å². The minimum absolute atomic E-state index is 0.0841. The number of benzene rings is 1. The maximum atomic E-state index is 13.7. The summed E-state index contributed by atoms with van der Waals surface area (Å²) in [5.74, 6) is -0.783. The van der Waals surface area contributed by atoms with Crippen LogP contribution in [0.4, 0.5) is 4.39 Å². The first-order chi connectivity index (χ1) is 9.01. The van der Waals surface area contributed by atoms with Crippen molar-refractivity contribution in [3.8, 4) is 0 Å². The molecule has 0 spiro atoms. The standard InChI is InChI=1S/C14H19FN2O2/c1-9-3-4-13(15)12(5-9)14(18)17-7-10(2)19-11(6-16)8-17/h3-5,10-11H,6-8,16H2,1-2H3. The van der Waals surface area contributed by atoms with Gasteiger partial charge in [-0.15, -0.1) is 0 Å². The number of carbonyl (C=O) groups excluding carboxylic acids is 1. The molecule has 1 aliphatic rings. The van der Waals surface area contributed by atoms with Crippen LogP contribution >= 0.6 is 0 Å². The molecular formula is C14H19FN2O2. The average Bonchev–Trinajstić information content (AvgIpc) is 2.40. The molecule has 1 aliphatic heterocycles. The van der Waals surface area contributed by atoms with Crippen molar-refractivity contribution in [2.45, 2.75) is 26.1 Å². The van der Waals surface area contributed by atoms with Gasteiger partial charge in [0.1, 0.15) is 5.82 Å². The highest BCUT2D eigenvalue weighted by Crippen LogP contribution is 2.17. The third kappa shape index (κ3) is 3.11. The third-order valence-electron chi connectivity index (χ3n) is 3.23. The van der Waals surface area contributed by atoms with Crippen molar-refractivity contribution in [2.75, 3.05) is 19.6 Å². The van der Waals surface area contributed by atoms with Crippen molar-refractivity contribution >= 4 is 5.91 Å². The second-order valence-electron chi connectivity index (χ2n) is 5.00. The summed E-state index contributed by atoms with van der Waals surface area (Å²) in [5, 5.41) is 0. The summed E-state index contributed by atoms with van der Waals surface area (Å²) in [5.41, 5.74) is 6.56. The van der Waals surface area contributed by atoms with E-state index in [1.165, 1.54) is 6.07 Å². The Balaban J connectivity index is 2.21. The number of hydrogen-bond donors (Lipinski definition) is 1. The van der Waals surface area contributed by atoms with Gasteiger partial charge in [0, 0.05) is 19.6 Å². The number of carbonyl (C=O) groups is 1. The zero-order valence-corrected chi connectivity index (χ0v) is 11.2. The van der Waals surface area contributed by atoms with E-state index in [-0.39, 0.29) is 23.7 Å². The summed E-state index contributed by atoms with van der Waals surface area (Å²) in [4.78, 5) is 14.0.